The van der Waals surface area contributed by atoms with E-state index in [1.807, 2.05) is 11.8 Å². The molecular formula is C17H21F3N4O2. The number of hydrogen-bond acceptors (Lipinski definition) is 4. The normalized spacial score (nSPS) is 24.6. The average molecular weight is 370 g/mol. The fourth-order valence-electron chi connectivity index (χ4n) is 3.36. The highest BCUT2D eigenvalue weighted by Gasteiger charge is 2.49. The van der Waals surface area contributed by atoms with Crippen LogP contribution in [0.3, 0.4) is 0 Å². The van der Waals surface area contributed by atoms with Gasteiger partial charge in [0.05, 0.1) is 24.3 Å². The van der Waals surface area contributed by atoms with E-state index in [9.17, 15) is 22.8 Å². The first-order chi connectivity index (χ1) is 12.3. The summed E-state index contributed by atoms with van der Waals surface area (Å²) in [6.07, 6.45) is -5.53. The van der Waals surface area contributed by atoms with Gasteiger partial charge in [-0.2, -0.15) is 13.2 Å². The van der Waals surface area contributed by atoms with Crippen LogP contribution in [0.25, 0.3) is 0 Å². The lowest BCUT2D eigenvalue weighted by molar-refractivity contribution is -0.158. The summed E-state index contributed by atoms with van der Waals surface area (Å²) in [4.78, 5) is 27.5. The van der Waals surface area contributed by atoms with Crippen LogP contribution in [0.2, 0.25) is 0 Å². The Kier molecular flexibility index (Phi) is 5.19. The summed E-state index contributed by atoms with van der Waals surface area (Å²) >= 11 is 0. The van der Waals surface area contributed by atoms with Gasteiger partial charge in [-0.05, 0) is 19.1 Å². The average Bonchev–Trinajstić information content (AvgIpc) is 2.72. The number of carbonyl (C=O) groups excluding carboxylic acids is 2. The molecule has 2 heterocycles. The molecule has 6 nitrogen and oxygen atoms in total. The van der Waals surface area contributed by atoms with Crippen LogP contribution in [0.15, 0.2) is 24.3 Å². The third kappa shape index (κ3) is 3.83. The standard InChI is InChI=1S/C17H21F3N4O2/c1-11-9-21-6-7-23(11)10-16(26)24-13-5-3-2-4-12(13)22-15(25)8-14(24)17(18,19)20/h2-5,11,14,21H,6-10H2,1H3,(H,22,25)/t11-,14?/m0/s1. The van der Waals surface area contributed by atoms with Crippen molar-refractivity contribution in [2.45, 2.75) is 31.6 Å². The van der Waals surface area contributed by atoms with Crippen LogP contribution < -0.4 is 15.5 Å². The van der Waals surface area contributed by atoms with Crippen LogP contribution in [0.5, 0.6) is 0 Å². The molecule has 2 aliphatic heterocycles. The Balaban J connectivity index is 1.96. The molecule has 1 aromatic rings. The Bertz CT molecular complexity index is 695. The SMILES string of the molecule is C[C@H]1CNCCN1CC(=O)N1c2ccccc2NC(=O)CC1C(F)(F)F. The van der Waals surface area contributed by atoms with E-state index in [4.69, 9.17) is 0 Å². The lowest BCUT2D eigenvalue weighted by Gasteiger charge is -2.37. The number of nitrogens with zero attached hydrogens (tertiary/aromatic N) is 2. The van der Waals surface area contributed by atoms with E-state index in [-0.39, 0.29) is 24.0 Å². The van der Waals surface area contributed by atoms with Crippen LogP contribution in [0.1, 0.15) is 13.3 Å². The zero-order valence-electron chi connectivity index (χ0n) is 14.3. The Morgan fingerprint density at radius 3 is 2.73 bits per heavy atom. The molecule has 142 valence electrons. The van der Waals surface area contributed by atoms with Crippen LogP contribution in [0.4, 0.5) is 24.5 Å². The summed E-state index contributed by atoms with van der Waals surface area (Å²) in [5.74, 6) is -1.42. The van der Waals surface area contributed by atoms with E-state index in [2.05, 4.69) is 10.6 Å². The van der Waals surface area contributed by atoms with E-state index in [0.29, 0.717) is 19.6 Å². The fraction of sp³-hybridized carbons (Fsp3) is 0.529. The minimum atomic E-state index is -4.71. The summed E-state index contributed by atoms with van der Waals surface area (Å²) in [5.41, 5.74) is 0.291. The number of halogens is 3. The number of hydrogen-bond donors (Lipinski definition) is 2. The van der Waals surface area contributed by atoms with Crippen LogP contribution >= 0.6 is 0 Å². The third-order valence-corrected chi connectivity index (χ3v) is 4.75. The number of rotatable bonds is 2. The summed E-state index contributed by atoms with van der Waals surface area (Å²) in [6, 6.07) is 3.94. The number of piperazine rings is 1. The smallest absolute Gasteiger partial charge is 0.324 e. The van der Waals surface area contributed by atoms with Gasteiger partial charge in [-0.3, -0.25) is 19.4 Å². The lowest BCUT2D eigenvalue weighted by atomic mass is 10.1. The first-order valence-corrected chi connectivity index (χ1v) is 8.50. The van der Waals surface area contributed by atoms with E-state index >= 15 is 0 Å². The number of para-hydroxylation sites is 2. The highest BCUT2D eigenvalue weighted by Crippen LogP contribution is 2.37. The summed E-state index contributed by atoms with van der Waals surface area (Å²) < 4.78 is 41.0. The summed E-state index contributed by atoms with van der Waals surface area (Å²) in [6.45, 7) is 3.72. The van der Waals surface area contributed by atoms with Gasteiger partial charge < -0.3 is 10.6 Å². The van der Waals surface area contributed by atoms with Crippen molar-refractivity contribution in [2.24, 2.45) is 0 Å². The van der Waals surface area contributed by atoms with Gasteiger partial charge in [0.25, 0.3) is 0 Å². The molecule has 1 unspecified atom stereocenters. The fourth-order valence-corrected chi connectivity index (χ4v) is 3.36. The first kappa shape index (κ1) is 18.7. The van der Waals surface area contributed by atoms with Crippen molar-refractivity contribution in [3.8, 4) is 0 Å². The zero-order chi connectivity index (χ0) is 18.9. The number of benzene rings is 1. The van der Waals surface area contributed by atoms with Crippen LogP contribution in [0, 0.1) is 0 Å². The molecule has 0 aliphatic carbocycles. The number of carbonyl (C=O) groups is 2. The predicted octanol–water partition coefficient (Wildman–Crippen LogP) is 1.59. The second kappa shape index (κ2) is 7.24. The Hall–Kier alpha value is -2.13. The Morgan fingerprint density at radius 2 is 2.04 bits per heavy atom. The van der Waals surface area contributed by atoms with Gasteiger partial charge in [-0.1, -0.05) is 12.1 Å². The van der Waals surface area contributed by atoms with Crippen molar-refractivity contribution in [3.05, 3.63) is 24.3 Å². The van der Waals surface area contributed by atoms with Crippen LogP contribution in [-0.2, 0) is 9.59 Å². The highest BCUT2D eigenvalue weighted by molar-refractivity contribution is 6.05. The highest BCUT2D eigenvalue weighted by atomic mass is 19.4. The molecule has 0 spiro atoms. The molecule has 3 rings (SSSR count). The topological polar surface area (TPSA) is 64.7 Å². The summed E-state index contributed by atoms with van der Waals surface area (Å²) in [5, 5.41) is 5.65. The maximum Gasteiger partial charge on any atom is 0.409 e. The molecule has 26 heavy (non-hydrogen) atoms. The number of nitrogens with one attached hydrogen (secondary N) is 2. The number of anilines is 2. The predicted molar refractivity (Wildman–Crippen MR) is 90.9 cm³/mol. The number of fused-ring (bicyclic) bond motifs is 1. The van der Waals surface area contributed by atoms with Crippen LogP contribution in [-0.4, -0.2) is 61.2 Å². The quantitative estimate of drug-likeness (QED) is 0.830. The van der Waals surface area contributed by atoms with Crippen molar-refractivity contribution in [1.29, 1.82) is 0 Å². The molecule has 0 radical (unpaired) electrons. The minimum Gasteiger partial charge on any atom is -0.324 e. The molecule has 0 bridgehead atoms. The molecule has 2 aliphatic rings. The number of alkyl halides is 3. The van der Waals surface area contributed by atoms with Crippen molar-refractivity contribution in [1.82, 2.24) is 10.2 Å². The summed E-state index contributed by atoms with van der Waals surface area (Å²) in [7, 11) is 0. The monoisotopic (exact) mass is 370 g/mol. The van der Waals surface area contributed by atoms with Gasteiger partial charge in [0, 0.05) is 25.7 Å². The van der Waals surface area contributed by atoms with Crippen molar-refractivity contribution in [2.75, 3.05) is 36.4 Å². The molecule has 2 N–H and O–H groups in total. The lowest BCUT2D eigenvalue weighted by Crippen LogP contribution is -2.56. The third-order valence-electron chi connectivity index (χ3n) is 4.75. The largest absolute Gasteiger partial charge is 0.409 e. The zero-order valence-corrected chi connectivity index (χ0v) is 14.3. The van der Waals surface area contributed by atoms with E-state index in [1.165, 1.54) is 12.1 Å². The molecule has 2 amide bonds. The van der Waals surface area contributed by atoms with E-state index < -0.39 is 30.5 Å². The second-order valence-corrected chi connectivity index (χ2v) is 6.61. The molecule has 2 atom stereocenters. The van der Waals surface area contributed by atoms with Gasteiger partial charge in [0.1, 0.15) is 6.04 Å². The molecule has 0 saturated carbocycles. The van der Waals surface area contributed by atoms with Crippen molar-refractivity contribution in [3.63, 3.8) is 0 Å². The van der Waals surface area contributed by atoms with Crippen molar-refractivity contribution >= 4 is 23.2 Å². The molecular weight excluding hydrogens is 349 g/mol. The van der Waals surface area contributed by atoms with E-state index in [1.54, 1.807) is 12.1 Å². The van der Waals surface area contributed by atoms with Gasteiger partial charge in [0.2, 0.25) is 11.8 Å². The number of amides is 2. The van der Waals surface area contributed by atoms with Crippen molar-refractivity contribution < 1.29 is 22.8 Å². The maximum absolute atomic E-state index is 13.7. The minimum absolute atomic E-state index is 0.0408. The molecule has 1 aromatic carbocycles. The van der Waals surface area contributed by atoms with E-state index in [0.717, 1.165) is 4.90 Å². The molecule has 0 aromatic heterocycles. The molecule has 1 saturated heterocycles. The van der Waals surface area contributed by atoms with Gasteiger partial charge in [-0.15, -0.1) is 0 Å². The Morgan fingerprint density at radius 1 is 1.31 bits per heavy atom. The van der Waals surface area contributed by atoms with Gasteiger partial charge >= 0.3 is 6.18 Å². The Labute approximate surface area is 149 Å². The maximum atomic E-state index is 13.7. The first-order valence-electron chi connectivity index (χ1n) is 8.50. The van der Waals surface area contributed by atoms with Gasteiger partial charge in [0.15, 0.2) is 0 Å². The second-order valence-electron chi connectivity index (χ2n) is 6.61. The molecule has 9 heteroatoms. The molecule has 1 fully saturated rings. The van der Waals surface area contributed by atoms with Gasteiger partial charge in [-0.25, -0.2) is 0 Å².